The molecule has 2 rings (SSSR count). The van der Waals surface area contributed by atoms with Crippen LogP contribution in [-0.4, -0.2) is 5.10 Å². The van der Waals surface area contributed by atoms with Crippen LogP contribution >= 0.6 is 0 Å². The third-order valence-corrected chi connectivity index (χ3v) is 1.73. The zero-order chi connectivity index (χ0) is 7.84. The van der Waals surface area contributed by atoms with Crippen LogP contribution in [-0.2, 0) is 0 Å². The monoisotopic (exact) mass is 147 g/mol. The zero-order valence-corrected chi connectivity index (χ0v) is 6.04. The number of nitrogens with zero attached hydrogens (tertiary/aromatic N) is 1. The third-order valence-electron chi connectivity index (χ3n) is 1.73. The molecular weight excluding hydrogens is 138 g/mol. The highest BCUT2D eigenvalue weighted by molar-refractivity contribution is 5.51. The largest absolute Gasteiger partial charge is 0.296 e. The third kappa shape index (κ3) is 0.774. The summed E-state index contributed by atoms with van der Waals surface area (Å²) < 4.78 is 1.79. The minimum Gasteiger partial charge on any atom is -0.285 e. The Labute approximate surface area is 64.4 Å². The molecule has 0 amide bonds. The predicted octanol–water partition coefficient (Wildman–Crippen LogP) is 0.518. The number of nitrogens with one attached hydrogen (secondary N) is 1. The number of nitrogens with two attached hydrogens (primary N) is 1. The normalized spacial score (nSPS) is 10.6. The second kappa shape index (κ2) is 1.99. The van der Waals surface area contributed by atoms with Gasteiger partial charge < -0.3 is 0 Å². The van der Waals surface area contributed by atoms with Crippen LogP contribution in [0.4, 0.5) is 5.82 Å². The quantitative estimate of drug-likeness (QED) is 0.524. The number of nitrogen functional groups attached to an aromatic ring is 1. The van der Waals surface area contributed by atoms with E-state index in [2.05, 4.69) is 12.0 Å². The highest BCUT2D eigenvalue weighted by atomic mass is 15.2. The van der Waals surface area contributed by atoms with Crippen molar-refractivity contribution in [3.05, 3.63) is 36.9 Å². The summed E-state index contributed by atoms with van der Waals surface area (Å²) in [5, 5.41) is 2.98. The molecule has 0 spiro atoms. The molecule has 2 aromatic heterocycles. The van der Waals surface area contributed by atoms with Gasteiger partial charge in [0.1, 0.15) is 0 Å². The first-order valence-corrected chi connectivity index (χ1v) is 3.38. The van der Waals surface area contributed by atoms with Gasteiger partial charge >= 0.3 is 0 Å². The Bertz CT molecular complexity index is 353. The van der Waals surface area contributed by atoms with Crippen LogP contribution in [0.3, 0.4) is 0 Å². The van der Waals surface area contributed by atoms with Crippen molar-refractivity contribution in [2.75, 3.05) is 5.73 Å². The van der Waals surface area contributed by atoms with Gasteiger partial charge in [-0.3, -0.25) is 5.73 Å². The maximum absolute atomic E-state index is 5.67. The van der Waals surface area contributed by atoms with Gasteiger partial charge in [0.2, 0.25) is 0 Å². The number of hydrogen-bond donors (Lipinski definition) is 2. The first-order valence-electron chi connectivity index (χ1n) is 3.38. The van der Waals surface area contributed by atoms with E-state index in [1.54, 1.807) is 4.52 Å². The van der Waals surface area contributed by atoms with Gasteiger partial charge in [0.25, 0.3) is 5.82 Å². The maximum Gasteiger partial charge on any atom is 0.296 e. The summed E-state index contributed by atoms with van der Waals surface area (Å²) in [6.07, 6.45) is 1.83. The molecule has 0 bridgehead atoms. The van der Waals surface area contributed by atoms with Crippen molar-refractivity contribution >= 4 is 11.3 Å². The van der Waals surface area contributed by atoms with Crippen LogP contribution in [0.5, 0.6) is 0 Å². The Morgan fingerprint density at radius 2 is 2.18 bits per heavy atom. The molecule has 0 saturated carbocycles. The SMILES string of the molecule is [CH2]c1ccc(N)[n+]2[nH]ccc12. The van der Waals surface area contributed by atoms with E-state index in [-0.39, 0.29) is 0 Å². The lowest BCUT2D eigenvalue weighted by atomic mass is 10.2. The van der Waals surface area contributed by atoms with E-state index in [0.717, 1.165) is 11.1 Å². The van der Waals surface area contributed by atoms with Crippen LogP contribution in [0.1, 0.15) is 5.56 Å². The predicted molar refractivity (Wildman–Crippen MR) is 42.8 cm³/mol. The Morgan fingerprint density at radius 3 is 2.91 bits per heavy atom. The molecule has 11 heavy (non-hydrogen) atoms. The van der Waals surface area contributed by atoms with Crippen molar-refractivity contribution in [3.63, 3.8) is 0 Å². The molecule has 55 valence electrons. The smallest absolute Gasteiger partial charge is 0.285 e. The van der Waals surface area contributed by atoms with Gasteiger partial charge in [-0.05, 0) is 13.0 Å². The average Bonchev–Trinajstić information content (AvgIpc) is 2.45. The summed E-state index contributed by atoms with van der Waals surface area (Å²) in [7, 11) is 0. The molecule has 0 saturated heterocycles. The van der Waals surface area contributed by atoms with Crippen LogP contribution in [0.2, 0.25) is 0 Å². The number of fused-ring (bicyclic) bond motifs is 1. The van der Waals surface area contributed by atoms with Crippen molar-refractivity contribution in [1.82, 2.24) is 5.10 Å². The van der Waals surface area contributed by atoms with Crippen LogP contribution in [0.25, 0.3) is 5.52 Å². The van der Waals surface area contributed by atoms with E-state index in [9.17, 15) is 0 Å². The topological polar surface area (TPSA) is 45.9 Å². The molecule has 3 nitrogen and oxygen atoms in total. The molecule has 0 unspecified atom stereocenters. The summed E-state index contributed by atoms with van der Waals surface area (Å²) >= 11 is 0. The fourth-order valence-electron chi connectivity index (χ4n) is 1.14. The average molecular weight is 147 g/mol. The van der Waals surface area contributed by atoms with E-state index in [1.807, 2.05) is 24.4 Å². The van der Waals surface area contributed by atoms with E-state index in [4.69, 9.17) is 5.73 Å². The van der Waals surface area contributed by atoms with Crippen molar-refractivity contribution < 1.29 is 4.52 Å². The molecular formula is C8H9N3+. The van der Waals surface area contributed by atoms with Crippen molar-refractivity contribution in [2.24, 2.45) is 0 Å². The van der Waals surface area contributed by atoms with Crippen LogP contribution in [0, 0.1) is 6.92 Å². The molecule has 2 heterocycles. The van der Waals surface area contributed by atoms with E-state index in [0.29, 0.717) is 5.82 Å². The lowest BCUT2D eigenvalue weighted by Gasteiger charge is -1.92. The number of anilines is 1. The van der Waals surface area contributed by atoms with Gasteiger partial charge in [-0.25, -0.2) is 5.10 Å². The highest BCUT2D eigenvalue weighted by Crippen LogP contribution is 2.05. The van der Waals surface area contributed by atoms with Crippen molar-refractivity contribution in [2.45, 2.75) is 0 Å². The van der Waals surface area contributed by atoms with Gasteiger partial charge in [0.15, 0.2) is 5.52 Å². The zero-order valence-electron chi connectivity index (χ0n) is 6.04. The molecule has 0 aliphatic carbocycles. The number of pyridine rings is 1. The van der Waals surface area contributed by atoms with E-state index < -0.39 is 0 Å². The lowest BCUT2D eigenvalue weighted by Crippen LogP contribution is -2.27. The number of aromatic nitrogens is 2. The molecule has 0 aliphatic heterocycles. The first-order chi connectivity index (χ1) is 5.29. The standard InChI is InChI=1S/C8H8N3/c1-6-2-3-8(9)11-7(6)4-5-10-11/h2-5H,1H2,(H2,9,10)/p+1. The van der Waals surface area contributed by atoms with Gasteiger partial charge in [-0.1, -0.05) is 0 Å². The van der Waals surface area contributed by atoms with Crippen molar-refractivity contribution in [1.29, 1.82) is 0 Å². The molecule has 3 N–H and O–H groups in total. The molecule has 0 aromatic carbocycles. The second-order valence-corrected chi connectivity index (χ2v) is 2.47. The van der Waals surface area contributed by atoms with Crippen LogP contribution in [0.15, 0.2) is 24.4 Å². The van der Waals surface area contributed by atoms with E-state index in [1.165, 1.54) is 0 Å². The fourth-order valence-corrected chi connectivity index (χ4v) is 1.14. The molecule has 0 atom stereocenters. The van der Waals surface area contributed by atoms with Gasteiger partial charge in [-0.15, -0.1) is 4.52 Å². The summed E-state index contributed by atoms with van der Waals surface area (Å²) in [6.45, 7) is 3.87. The Balaban J connectivity index is 2.96. The minimum absolute atomic E-state index is 0.692. The second-order valence-electron chi connectivity index (χ2n) is 2.47. The van der Waals surface area contributed by atoms with Gasteiger partial charge in [-0.2, -0.15) is 0 Å². The van der Waals surface area contributed by atoms with Gasteiger partial charge in [0.05, 0.1) is 0 Å². The molecule has 1 radical (unpaired) electrons. The number of rotatable bonds is 0. The molecule has 3 heteroatoms. The Morgan fingerprint density at radius 1 is 1.36 bits per heavy atom. The summed E-state index contributed by atoms with van der Waals surface area (Å²) in [5.41, 5.74) is 7.66. The molecule has 2 aromatic rings. The number of aromatic amines is 1. The molecule has 0 fully saturated rings. The minimum atomic E-state index is 0.692. The summed E-state index contributed by atoms with van der Waals surface area (Å²) in [5.74, 6) is 0.692. The summed E-state index contributed by atoms with van der Waals surface area (Å²) in [6, 6.07) is 5.67. The van der Waals surface area contributed by atoms with Crippen LogP contribution < -0.4 is 10.2 Å². The first kappa shape index (κ1) is 6.22. The van der Waals surface area contributed by atoms with Gasteiger partial charge in [0, 0.05) is 23.9 Å². The van der Waals surface area contributed by atoms with E-state index >= 15 is 0 Å². The number of hydrogen-bond acceptors (Lipinski definition) is 1. The Hall–Kier alpha value is -1.51. The molecule has 0 aliphatic rings. The maximum atomic E-state index is 5.67. The summed E-state index contributed by atoms with van der Waals surface area (Å²) in [4.78, 5) is 0. The Kier molecular flexibility index (Phi) is 1.12. The lowest BCUT2D eigenvalue weighted by molar-refractivity contribution is -0.561. The van der Waals surface area contributed by atoms with Crippen molar-refractivity contribution in [3.8, 4) is 0 Å². The fraction of sp³-hybridized carbons (Fsp3) is 0. The highest BCUT2D eigenvalue weighted by Gasteiger charge is 2.05. The number of H-pyrrole nitrogens is 1.